The van der Waals surface area contributed by atoms with Crippen molar-refractivity contribution < 1.29 is 18.5 Å². The Morgan fingerprint density at radius 1 is 1.13 bits per heavy atom. The van der Waals surface area contributed by atoms with Gasteiger partial charge in [0.2, 0.25) is 5.95 Å². The molecule has 0 saturated carbocycles. The van der Waals surface area contributed by atoms with Crippen LogP contribution in [0.2, 0.25) is 0 Å². The summed E-state index contributed by atoms with van der Waals surface area (Å²) in [5.74, 6) is 1.49. The minimum Gasteiger partial charge on any atom is -0.488 e. The monoisotopic (exact) mass is 404 g/mol. The van der Waals surface area contributed by atoms with Crippen molar-refractivity contribution >= 4 is 11.9 Å². The van der Waals surface area contributed by atoms with Crippen LogP contribution in [-0.2, 0) is 6.61 Å². The molecule has 30 heavy (non-hydrogen) atoms. The third kappa shape index (κ3) is 3.93. The van der Waals surface area contributed by atoms with Gasteiger partial charge in [0.05, 0.1) is 11.8 Å². The molecule has 1 aromatic carbocycles. The van der Waals surface area contributed by atoms with E-state index in [0.717, 1.165) is 16.9 Å². The minimum absolute atomic E-state index is 0.129. The van der Waals surface area contributed by atoms with Crippen LogP contribution in [0.15, 0.2) is 57.8 Å². The zero-order chi connectivity index (χ0) is 21.1. The molecule has 0 bridgehead atoms. The van der Waals surface area contributed by atoms with Crippen LogP contribution < -0.4 is 10.1 Å². The molecule has 3 heterocycles. The van der Waals surface area contributed by atoms with E-state index in [9.17, 15) is 4.79 Å². The van der Waals surface area contributed by atoms with E-state index in [4.69, 9.17) is 13.7 Å². The lowest BCUT2D eigenvalue weighted by Crippen LogP contribution is -2.17. The van der Waals surface area contributed by atoms with Crippen molar-refractivity contribution in [3.8, 4) is 17.2 Å². The van der Waals surface area contributed by atoms with Crippen molar-refractivity contribution in [2.75, 3.05) is 5.32 Å². The lowest BCUT2D eigenvalue weighted by atomic mass is 10.1. The topological polar surface area (TPSA) is 103 Å². The van der Waals surface area contributed by atoms with Gasteiger partial charge < -0.3 is 13.7 Å². The number of nitrogens with one attached hydrogen (secondary N) is 1. The van der Waals surface area contributed by atoms with Crippen molar-refractivity contribution in [3.63, 3.8) is 0 Å². The van der Waals surface area contributed by atoms with E-state index in [1.165, 1.54) is 0 Å². The fourth-order valence-electron chi connectivity index (χ4n) is 2.91. The van der Waals surface area contributed by atoms with Gasteiger partial charge in [0.1, 0.15) is 23.8 Å². The number of ether oxygens (including phenoxy) is 1. The van der Waals surface area contributed by atoms with Gasteiger partial charge in [-0.15, -0.1) is 0 Å². The SMILES string of the molecule is Cc1cccc(OCc2c(C(=O)Nc3nccc(-c4ccco4)n3)noc2C)c1C. The molecule has 8 heteroatoms. The number of aromatic nitrogens is 3. The molecule has 0 aliphatic rings. The number of hydrogen-bond donors (Lipinski definition) is 1. The first-order valence-electron chi connectivity index (χ1n) is 9.35. The van der Waals surface area contributed by atoms with Crippen molar-refractivity contribution in [1.82, 2.24) is 15.1 Å². The van der Waals surface area contributed by atoms with Gasteiger partial charge in [-0.05, 0) is 56.2 Å². The van der Waals surface area contributed by atoms with Crippen LogP contribution in [-0.4, -0.2) is 21.0 Å². The molecule has 1 N–H and O–H groups in total. The van der Waals surface area contributed by atoms with E-state index >= 15 is 0 Å². The number of rotatable bonds is 6. The van der Waals surface area contributed by atoms with Crippen LogP contribution in [0.1, 0.15) is 32.9 Å². The van der Waals surface area contributed by atoms with Gasteiger partial charge in [0.25, 0.3) is 5.91 Å². The summed E-state index contributed by atoms with van der Waals surface area (Å²) in [6.07, 6.45) is 3.09. The molecule has 4 rings (SSSR count). The van der Waals surface area contributed by atoms with Crippen LogP contribution in [0.3, 0.4) is 0 Å². The molecule has 1 amide bonds. The first kappa shape index (κ1) is 19.4. The number of amides is 1. The molecule has 0 saturated heterocycles. The highest BCUT2D eigenvalue weighted by atomic mass is 16.5. The smallest absolute Gasteiger partial charge is 0.280 e. The van der Waals surface area contributed by atoms with Crippen LogP contribution in [0.25, 0.3) is 11.5 Å². The quantitative estimate of drug-likeness (QED) is 0.505. The number of benzene rings is 1. The summed E-state index contributed by atoms with van der Waals surface area (Å²) in [5.41, 5.74) is 3.42. The van der Waals surface area contributed by atoms with Crippen LogP contribution in [0.4, 0.5) is 5.95 Å². The van der Waals surface area contributed by atoms with Crippen LogP contribution >= 0.6 is 0 Å². The number of anilines is 1. The van der Waals surface area contributed by atoms with Crippen molar-refractivity contribution in [2.24, 2.45) is 0 Å². The van der Waals surface area contributed by atoms with Crippen LogP contribution in [0, 0.1) is 20.8 Å². The zero-order valence-electron chi connectivity index (χ0n) is 16.8. The maximum Gasteiger partial charge on any atom is 0.280 e. The van der Waals surface area contributed by atoms with Gasteiger partial charge in [-0.1, -0.05) is 17.3 Å². The maximum atomic E-state index is 12.8. The fourth-order valence-corrected chi connectivity index (χ4v) is 2.91. The Hall–Kier alpha value is -3.94. The zero-order valence-corrected chi connectivity index (χ0v) is 16.8. The average Bonchev–Trinajstić information content (AvgIpc) is 3.40. The molecule has 3 aromatic heterocycles. The normalized spacial score (nSPS) is 10.8. The van der Waals surface area contributed by atoms with E-state index in [1.54, 1.807) is 37.6 Å². The highest BCUT2D eigenvalue weighted by Crippen LogP contribution is 2.24. The predicted octanol–water partition coefficient (Wildman–Crippen LogP) is 4.48. The summed E-state index contributed by atoms with van der Waals surface area (Å²) < 4.78 is 16.5. The van der Waals surface area contributed by atoms with Gasteiger partial charge in [-0.2, -0.15) is 0 Å². The Labute approximate surface area is 172 Å². The first-order valence-corrected chi connectivity index (χ1v) is 9.35. The molecule has 0 aliphatic carbocycles. The lowest BCUT2D eigenvalue weighted by molar-refractivity contribution is 0.101. The first-order chi connectivity index (χ1) is 14.5. The second-order valence-electron chi connectivity index (χ2n) is 6.75. The number of nitrogens with zero attached hydrogens (tertiary/aromatic N) is 3. The van der Waals surface area contributed by atoms with Gasteiger partial charge in [-0.25, -0.2) is 9.97 Å². The Bertz CT molecular complexity index is 1180. The van der Waals surface area contributed by atoms with Gasteiger partial charge >= 0.3 is 0 Å². The second-order valence-corrected chi connectivity index (χ2v) is 6.75. The van der Waals surface area contributed by atoms with Gasteiger partial charge in [0, 0.05) is 6.20 Å². The maximum absolute atomic E-state index is 12.8. The Kier molecular flexibility index (Phi) is 5.30. The van der Waals surface area contributed by atoms with E-state index in [2.05, 4.69) is 20.4 Å². The number of furan rings is 1. The largest absolute Gasteiger partial charge is 0.488 e. The highest BCUT2D eigenvalue weighted by molar-refractivity contribution is 6.03. The molecular formula is C22H20N4O4. The van der Waals surface area contributed by atoms with Crippen molar-refractivity contribution in [2.45, 2.75) is 27.4 Å². The molecular weight excluding hydrogens is 384 g/mol. The molecule has 8 nitrogen and oxygen atoms in total. The second kappa shape index (κ2) is 8.20. The number of hydrogen-bond acceptors (Lipinski definition) is 7. The van der Waals surface area contributed by atoms with Crippen LogP contribution in [0.5, 0.6) is 5.75 Å². The van der Waals surface area contributed by atoms with Gasteiger partial charge in [-0.3, -0.25) is 10.1 Å². The summed E-state index contributed by atoms with van der Waals surface area (Å²) in [4.78, 5) is 21.2. The van der Waals surface area contributed by atoms with E-state index in [1.807, 2.05) is 32.0 Å². The van der Waals surface area contributed by atoms with E-state index in [-0.39, 0.29) is 18.2 Å². The summed E-state index contributed by atoms with van der Waals surface area (Å²) in [5, 5.41) is 6.55. The molecule has 4 aromatic rings. The average molecular weight is 404 g/mol. The lowest BCUT2D eigenvalue weighted by Gasteiger charge is -2.11. The Balaban J connectivity index is 1.52. The third-order valence-corrected chi connectivity index (χ3v) is 4.78. The van der Waals surface area contributed by atoms with Crippen molar-refractivity contribution in [1.29, 1.82) is 0 Å². The Morgan fingerprint density at radius 2 is 2.00 bits per heavy atom. The standard InChI is InChI=1S/C22H20N4O4/c1-13-6-4-7-18(14(13)2)29-12-16-15(3)30-26-20(16)21(27)25-22-23-10-9-17(24-22)19-8-5-11-28-19/h4-11H,12H2,1-3H3,(H,23,24,25,27). The molecule has 0 aliphatic heterocycles. The summed E-state index contributed by atoms with van der Waals surface area (Å²) >= 11 is 0. The predicted molar refractivity (Wildman–Crippen MR) is 109 cm³/mol. The third-order valence-electron chi connectivity index (χ3n) is 4.78. The molecule has 0 atom stereocenters. The minimum atomic E-state index is -0.483. The highest BCUT2D eigenvalue weighted by Gasteiger charge is 2.22. The number of aryl methyl sites for hydroxylation is 2. The number of carbonyl (C=O) groups excluding carboxylic acids is 1. The fraction of sp³-hybridized carbons (Fsp3) is 0.182. The summed E-state index contributed by atoms with van der Waals surface area (Å²) in [6, 6.07) is 11.1. The molecule has 0 spiro atoms. The molecule has 0 unspecified atom stereocenters. The van der Waals surface area contributed by atoms with E-state index in [0.29, 0.717) is 22.8 Å². The van der Waals surface area contributed by atoms with Crippen molar-refractivity contribution in [3.05, 3.63) is 77.0 Å². The summed E-state index contributed by atoms with van der Waals surface area (Å²) in [6.45, 7) is 5.89. The van der Waals surface area contributed by atoms with Gasteiger partial charge in [0.15, 0.2) is 11.5 Å². The van der Waals surface area contributed by atoms with E-state index < -0.39 is 5.91 Å². The molecule has 0 radical (unpaired) electrons. The molecule has 0 fully saturated rings. The molecule has 152 valence electrons. The number of carbonyl (C=O) groups is 1. The summed E-state index contributed by atoms with van der Waals surface area (Å²) in [7, 11) is 0. The Morgan fingerprint density at radius 3 is 2.80 bits per heavy atom.